The molecule has 2 saturated heterocycles. The predicted octanol–water partition coefficient (Wildman–Crippen LogP) is 2.57. The van der Waals surface area contributed by atoms with Gasteiger partial charge in [-0.3, -0.25) is 9.80 Å². The highest BCUT2D eigenvalue weighted by molar-refractivity contribution is 5.54. The lowest BCUT2D eigenvalue weighted by atomic mass is 10.1. The minimum atomic E-state index is -0.193. The third-order valence-corrected chi connectivity index (χ3v) is 5.58. The van der Waals surface area contributed by atoms with Gasteiger partial charge >= 0.3 is 0 Å². The van der Waals surface area contributed by atoms with Gasteiger partial charge in [-0.15, -0.1) is 0 Å². The molecule has 0 saturated carbocycles. The van der Waals surface area contributed by atoms with E-state index in [0.29, 0.717) is 0 Å². The molecule has 2 aliphatic rings. The molecule has 0 bridgehead atoms. The molecular formula is C20H33N3O. The molecule has 1 atom stereocenters. The number of piperazine rings is 1. The summed E-state index contributed by atoms with van der Waals surface area (Å²) in [5.74, 6) is 0. The Morgan fingerprint density at radius 2 is 1.79 bits per heavy atom. The fraction of sp³-hybridized carbons (Fsp3) is 0.700. The molecule has 3 rings (SSSR count). The van der Waals surface area contributed by atoms with Crippen LogP contribution in [0.1, 0.15) is 38.2 Å². The molecule has 2 aliphatic heterocycles. The number of nitrogens with zero attached hydrogens (tertiary/aromatic N) is 3. The van der Waals surface area contributed by atoms with Gasteiger partial charge in [-0.1, -0.05) is 25.1 Å². The lowest BCUT2D eigenvalue weighted by molar-refractivity contribution is -0.0252. The standard InChI is InChI=1S/C20H33N3O/c1-2-18-8-3-4-9-19(18)22-16-14-21(15-17-22)11-7-13-23-12-6-5-10-20(23)24/h3-4,8-9,20,24H,2,5-7,10-17H2,1H3. The number of hydrogen-bond acceptors (Lipinski definition) is 4. The number of rotatable bonds is 6. The molecule has 134 valence electrons. The van der Waals surface area contributed by atoms with E-state index in [4.69, 9.17) is 0 Å². The van der Waals surface area contributed by atoms with E-state index in [-0.39, 0.29) is 6.23 Å². The highest BCUT2D eigenvalue weighted by Gasteiger charge is 2.21. The van der Waals surface area contributed by atoms with Crippen LogP contribution in [0.15, 0.2) is 24.3 Å². The van der Waals surface area contributed by atoms with Crippen LogP contribution in [0.5, 0.6) is 0 Å². The van der Waals surface area contributed by atoms with Crippen LogP contribution in [0.4, 0.5) is 5.69 Å². The van der Waals surface area contributed by atoms with Crippen LogP contribution >= 0.6 is 0 Å². The van der Waals surface area contributed by atoms with Crippen molar-refractivity contribution in [3.8, 4) is 0 Å². The van der Waals surface area contributed by atoms with Gasteiger partial charge in [0.15, 0.2) is 0 Å². The summed E-state index contributed by atoms with van der Waals surface area (Å²) < 4.78 is 0. The van der Waals surface area contributed by atoms with Crippen LogP contribution in [0.2, 0.25) is 0 Å². The molecule has 1 N–H and O–H groups in total. The van der Waals surface area contributed by atoms with Gasteiger partial charge < -0.3 is 10.0 Å². The molecule has 24 heavy (non-hydrogen) atoms. The molecule has 1 aromatic rings. The Labute approximate surface area is 147 Å². The van der Waals surface area contributed by atoms with E-state index in [1.165, 1.54) is 30.5 Å². The number of benzene rings is 1. The summed E-state index contributed by atoms with van der Waals surface area (Å²) in [4.78, 5) is 7.39. The zero-order chi connectivity index (χ0) is 16.8. The first-order valence-electron chi connectivity index (χ1n) is 9.75. The Kier molecular flexibility index (Phi) is 6.52. The lowest BCUT2D eigenvalue weighted by Gasteiger charge is -2.37. The van der Waals surface area contributed by atoms with Crippen molar-refractivity contribution in [2.24, 2.45) is 0 Å². The summed E-state index contributed by atoms with van der Waals surface area (Å²) in [6.45, 7) is 10.1. The number of hydrogen-bond donors (Lipinski definition) is 1. The van der Waals surface area contributed by atoms with E-state index in [9.17, 15) is 5.11 Å². The van der Waals surface area contributed by atoms with Gasteiger partial charge in [0.2, 0.25) is 0 Å². The van der Waals surface area contributed by atoms with Gasteiger partial charge in [0.05, 0.1) is 0 Å². The van der Waals surface area contributed by atoms with E-state index < -0.39 is 0 Å². The Morgan fingerprint density at radius 3 is 2.54 bits per heavy atom. The third-order valence-electron chi connectivity index (χ3n) is 5.58. The van der Waals surface area contributed by atoms with Gasteiger partial charge in [0, 0.05) is 45.0 Å². The van der Waals surface area contributed by atoms with Gasteiger partial charge in [-0.05, 0) is 50.3 Å². The molecule has 0 radical (unpaired) electrons. The molecule has 4 nitrogen and oxygen atoms in total. The molecule has 0 spiro atoms. The lowest BCUT2D eigenvalue weighted by Crippen LogP contribution is -2.47. The van der Waals surface area contributed by atoms with Crippen molar-refractivity contribution in [2.45, 2.75) is 45.3 Å². The third kappa shape index (κ3) is 4.50. The van der Waals surface area contributed by atoms with Gasteiger partial charge in [0.25, 0.3) is 0 Å². The maximum absolute atomic E-state index is 10.0. The summed E-state index contributed by atoms with van der Waals surface area (Å²) in [6, 6.07) is 8.83. The van der Waals surface area contributed by atoms with Crippen LogP contribution in [0.3, 0.4) is 0 Å². The summed E-state index contributed by atoms with van der Waals surface area (Å²) in [6.07, 6.45) is 5.46. The SMILES string of the molecule is CCc1ccccc1N1CCN(CCCN2CCCCC2O)CC1. The number of aliphatic hydroxyl groups is 1. The van der Waals surface area contributed by atoms with E-state index in [0.717, 1.165) is 58.7 Å². The first kappa shape index (κ1) is 17.7. The number of likely N-dealkylation sites (tertiary alicyclic amines) is 1. The number of piperidine rings is 1. The molecular weight excluding hydrogens is 298 g/mol. The van der Waals surface area contributed by atoms with Crippen molar-refractivity contribution in [1.29, 1.82) is 0 Å². The minimum absolute atomic E-state index is 0.193. The normalized spacial score (nSPS) is 23.6. The quantitative estimate of drug-likeness (QED) is 0.868. The smallest absolute Gasteiger partial charge is 0.107 e. The van der Waals surface area contributed by atoms with E-state index in [2.05, 4.69) is 45.9 Å². The van der Waals surface area contributed by atoms with Crippen LogP contribution in [-0.4, -0.2) is 66.9 Å². The summed E-state index contributed by atoms with van der Waals surface area (Å²) in [7, 11) is 0. The van der Waals surface area contributed by atoms with Crippen molar-refractivity contribution in [3.05, 3.63) is 29.8 Å². The molecule has 0 aliphatic carbocycles. The molecule has 2 heterocycles. The predicted molar refractivity (Wildman–Crippen MR) is 101 cm³/mol. The van der Waals surface area contributed by atoms with Crippen LogP contribution in [0.25, 0.3) is 0 Å². The largest absolute Gasteiger partial charge is 0.378 e. The molecule has 1 aromatic carbocycles. The number of aliphatic hydroxyl groups excluding tert-OH is 1. The monoisotopic (exact) mass is 331 g/mol. The summed E-state index contributed by atoms with van der Waals surface area (Å²) >= 11 is 0. The van der Waals surface area contributed by atoms with Crippen molar-refractivity contribution in [2.75, 3.05) is 50.7 Å². The highest BCUT2D eigenvalue weighted by Crippen LogP contribution is 2.22. The van der Waals surface area contributed by atoms with Crippen molar-refractivity contribution < 1.29 is 5.11 Å². The Hall–Kier alpha value is -1.10. The van der Waals surface area contributed by atoms with Crippen LogP contribution < -0.4 is 4.90 Å². The highest BCUT2D eigenvalue weighted by atomic mass is 16.3. The van der Waals surface area contributed by atoms with Gasteiger partial charge in [0.1, 0.15) is 6.23 Å². The molecule has 0 aromatic heterocycles. The van der Waals surface area contributed by atoms with Crippen LogP contribution in [0, 0.1) is 0 Å². The Morgan fingerprint density at radius 1 is 1.00 bits per heavy atom. The number of anilines is 1. The van der Waals surface area contributed by atoms with E-state index >= 15 is 0 Å². The second-order valence-electron chi connectivity index (χ2n) is 7.18. The van der Waals surface area contributed by atoms with Gasteiger partial charge in [-0.2, -0.15) is 0 Å². The second-order valence-corrected chi connectivity index (χ2v) is 7.18. The van der Waals surface area contributed by atoms with E-state index in [1.54, 1.807) is 0 Å². The molecule has 1 unspecified atom stereocenters. The first-order chi connectivity index (χ1) is 11.8. The van der Waals surface area contributed by atoms with E-state index in [1.807, 2.05) is 0 Å². The maximum atomic E-state index is 10.0. The van der Waals surface area contributed by atoms with Crippen LogP contribution in [-0.2, 0) is 6.42 Å². The topological polar surface area (TPSA) is 30.0 Å². The van der Waals surface area contributed by atoms with Crippen molar-refractivity contribution in [3.63, 3.8) is 0 Å². The number of aryl methyl sites for hydroxylation is 1. The molecule has 4 heteroatoms. The second kappa shape index (κ2) is 8.84. The minimum Gasteiger partial charge on any atom is -0.378 e. The first-order valence-corrected chi connectivity index (χ1v) is 9.75. The molecule has 2 fully saturated rings. The van der Waals surface area contributed by atoms with Gasteiger partial charge in [-0.25, -0.2) is 0 Å². The Balaban J connectivity index is 1.40. The molecule has 0 amide bonds. The fourth-order valence-corrected chi connectivity index (χ4v) is 4.06. The summed E-state index contributed by atoms with van der Waals surface area (Å²) in [5, 5.41) is 10.0. The zero-order valence-corrected chi connectivity index (χ0v) is 15.2. The number of para-hydroxylation sites is 1. The van der Waals surface area contributed by atoms with Crippen molar-refractivity contribution >= 4 is 5.69 Å². The maximum Gasteiger partial charge on any atom is 0.107 e. The average Bonchev–Trinajstić information content (AvgIpc) is 2.64. The zero-order valence-electron chi connectivity index (χ0n) is 15.2. The van der Waals surface area contributed by atoms with Crippen molar-refractivity contribution in [1.82, 2.24) is 9.80 Å². The fourth-order valence-electron chi connectivity index (χ4n) is 4.06. The Bertz CT molecular complexity index is 499. The summed E-state index contributed by atoms with van der Waals surface area (Å²) in [5.41, 5.74) is 2.89. The average molecular weight is 332 g/mol.